The quantitative estimate of drug-likeness (QED) is 0.471. The molecule has 0 spiro atoms. The summed E-state index contributed by atoms with van der Waals surface area (Å²) < 4.78 is 17.9. The van der Waals surface area contributed by atoms with Crippen molar-refractivity contribution in [3.8, 4) is 0 Å². The Morgan fingerprint density at radius 1 is 0.913 bits per heavy atom. The van der Waals surface area contributed by atoms with E-state index in [1.807, 2.05) is 24.3 Å². The zero-order chi connectivity index (χ0) is 16.5. The molecule has 0 aliphatic rings. The maximum atomic E-state index is 12.7. The minimum Gasteiger partial charge on any atom is -0.326 e. The monoisotopic (exact) mass is 330 g/mol. The fourth-order valence-corrected chi connectivity index (χ4v) is 4.26. The van der Waals surface area contributed by atoms with E-state index in [1.165, 1.54) is 12.7 Å². The van der Waals surface area contributed by atoms with Crippen LogP contribution in [-0.2, 0) is 15.5 Å². The summed E-state index contributed by atoms with van der Waals surface area (Å²) in [7, 11) is -1.90. The maximum absolute atomic E-state index is 12.7. The van der Waals surface area contributed by atoms with Crippen molar-refractivity contribution in [1.82, 2.24) is 0 Å². The first-order valence-corrected chi connectivity index (χ1v) is 9.75. The standard InChI is InChI=1S/C19H23O3P/c1-22-23(21,19(20)18-14-8-3-9-15-18)16-10-4-7-13-17-11-5-2-6-12-17/h2-3,5-6,8-9,11-12,14-15H,4,7,10,13,16H2,1H3. The van der Waals surface area contributed by atoms with Crippen LogP contribution < -0.4 is 0 Å². The van der Waals surface area contributed by atoms with Crippen LogP contribution in [0.2, 0.25) is 0 Å². The van der Waals surface area contributed by atoms with Crippen molar-refractivity contribution in [3.63, 3.8) is 0 Å². The number of aryl methyl sites for hydroxylation is 1. The third-order valence-electron chi connectivity index (χ3n) is 3.89. The Labute approximate surface area is 138 Å². The Kier molecular flexibility index (Phi) is 6.76. The molecular weight excluding hydrogens is 307 g/mol. The van der Waals surface area contributed by atoms with Crippen molar-refractivity contribution in [3.05, 3.63) is 71.8 Å². The molecule has 23 heavy (non-hydrogen) atoms. The lowest BCUT2D eigenvalue weighted by Crippen LogP contribution is -2.06. The first-order valence-electron chi connectivity index (χ1n) is 7.94. The highest BCUT2D eigenvalue weighted by Gasteiger charge is 2.31. The van der Waals surface area contributed by atoms with Gasteiger partial charge in [-0.3, -0.25) is 9.36 Å². The molecule has 0 fully saturated rings. The summed E-state index contributed by atoms with van der Waals surface area (Å²) in [5.41, 5.74) is 1.40. The van der Waals surface area contributed by atoms with Gasteiger partial charge in [-0.05, 0) is 24.8 Å². The third-order valence-corrected chi connectivity index (χ3v) is 6.26. The Balaban J connectivity index is 1.82. The minimum atomic E-state index is -3.26. The highest BCUT2D eigenvalue weighted by Crippen LogP contribution is 2.50. The van der Waals surface area contributed by atoms with Gasteiger partial charge in [-0.1, -0.05) is 67.1 Å². The molecule has 0 N–H and O–H groups in total. The Morgan fingerprint density at radius 2 is 1.52 bits per heavy atom. The number of rotatable bonds is 9. The second-order valence-electron chi connectivity index (χ2n) is 5.55. The van der Waals surface area contributed by atoms with Crippen molar-refractivity contribution < 1.29 is 13.9 Å². The fourth-order valence-electron chi connectivity index (χ4n) is 2.52. The van der Waals surface area contributed by atoms with E-state index in [9.17, 15) is 9.36 Å². The molecule has 0 amide bonds. The maximum Gasteiger partial charge on any atom is 0.271 e. The van der Waals surface area contributed by atoms with Crippen LogP contribution in [-0.4, -0.2) is 18.8 Å². The summed E-state index contributed by atoms with van der Waals surface area (Å²) in [6, 6.07) is 19.0. The average Bonchev–Trinajstić information content (AvgIpc) is 2.62. The number of carbonyl (C=O) groups excluding carboxylic acids is 1. The summed E-state index contributed by atoms with van der Waals surface area (Å²) in [5.74, 6) is 0. The highest BCUT2D eigenvalue weighted by atomic mass is 31.2. The lowest BCUT2D eigenvalue weighted by Gasteiger charge is -2.14. The van der Waals surface area contributed by atoms with E-state index in [0.29, 0.717) is 11.7 Å². The van der Waals surface area contributed by atoms with Gasteiger partial charge in [-0.2, -0.15) is 0 Å². The molecule has 1 unspecified atom stereocenters. The van der Waals surface area contributed by atoms with Crippen LogP contribution in [0.25, 0.3) is 0 Å². The molecule has 0 saturated carbocycles. The summed E-state index contributed by atoms with van der Waals surface area (Å²) in [6.07, 6.45) is 4.00. The lowest BCUT2D eigenvalue weighted by molar-refractivity contribution is 0.105. The third kappa shape index (κ3) is 5.16. The molecule has 0 aliphatic carbocycles. The van der Waals surface area contributed by atoms with Gasteiger partial charge in [-0.25, -0.2) is 0 Å². The molecule has 2 aromatic rings. The summed E-state index contributed by atoms with van der Waals surface area (Å²) in [6.45, 7) is 0. The predicted molar refractivity (Wildman–Crippen MR) is 94.3 cm³/mol. The minimum absolute atomic E-state index is 0.312. The molecule has 1 atom stereocenters. The van der Waals surface area contributed by atoms with Gasteiger partial charge in [0.1, 0.15) is 0 Å². The first-order chi connectivity index (χ1) is 11.2. The summed E-state index contributed by atoms with van der Waals surface area (Å²) in [4.78, 5) is 12.4. The van der Waals surface area contributed by atoms with Crippen LogP contribution in [0.4, 0.5) is 0 Å². The molecule has 122 valence electrons. The molecule has 4 heteroatoms. The van der Waals surface area contributed by atoms with Gasteiger partial charge < -0.3 is 4.52 Å². The van der Waals surface area contributed by atoms with Crippen LogP contribution in [0.15, 0.2) is 60.7 Å². The molecule has 0 radical (unpaired) electrons. The second kappa shape index (κ2) is 8.81. The van der Waals surface area contributed by atoms with Crippen LogP contribution in [0.5, 0.6) is 0 Å². The van der Waals surface area contributed by atoms with Crippen molar-refractivity contribution in [2.75, 3.05) is 13.3 Å². The van der Waals surface area contributed by atoms with E-state index in [0.717, 1.165) is 25.7 Å². The number of hydrogen-bond donors (Lipinski definition) is 0. The lowest BCUT2D eigenvalue weighted by atomic mass is 10.1. The Morgan fingerprint density at radius 3 is 2.13 bits per heavy atom. The molecular formula is C19H23O3P. The first kappa shape index (κ1) is 17.7. The smallest absolute Gasteiger partial charge is 0.271 e. The molecule has 0 saturated heterocycles. The van der Waals surface area contributed by atoms with Crippen LogP contribution in [0.1, 0.15) is 35.2 Å². The van der Waals surface area contributed by atoms with Crippen molar-refractivity contribution in [1.29, 1.82) is 0 Å². The second-order valence-corrected chi connectivity index (χ2v) is 8.11. The van der Waals surface area contributed by atoms with Gasteiger partial charge in [0.25, 0.3) is 7.37 Å². The number of benzene rings is 2. The number of hydrogen-bond acceptors (Lipinski definition) is 3. The van der Waals surface area contributed by atoms with E-state index < -0.39 is 7.37 Å². The van der Waals surface area contributed by atoms with Gasteiger partial charge in [0.15, 0.2) is 0 Å². The highest BCUT2D eigenvalue weighted by molar-refractivity contribution is 7.76. The SMILES string of the molecule is COP(=O)(CCCCCc1ccccc1)C(=O)c1ccccc1. The van der Waals surface area contributed by atoms with E-state index in [2.05, 4.69) is 12.1 Å². The predicted octanol–water partition coefficient (Wildman–Crippen LogP) is 5.16. The zero-order valence-corrected chi connectivity index (χ0v) is 14.4. The van der Waals surface area contributed by atoms with Crippen LogP contribution >= 0.6 is 7.37 Å². The van der Waals surface area contributed by atoms with Crippen molar-refractivity contribution >= 4 is 12.9 Å². The van der Waals surface area contributed by atoms with Gasteiger partial charge >= 0.3 is 0 Å². The molecule has 0 heterocycles. The zero-order valence-electron chi connectivity index (χ0n) is 13.5. The van der Waals surface area contributed by atoms with Gasteiger partial charge in [0, 0.05) is 18.8 Å². The molecule has 0 bridgehead atoms. The van der Waals surface area contributed by atoms with E-state index >= 15 is 0 Å². The Bertz CT molecular complexity index is 653. The summed E-state index contributed by atoms with van der Waals surface area (Å²) in [5, 5.41) is 0. The van der Waals surface area contributed by atoms with Crippen molar-refractivity contribution in [2.24, 2.45) is 0 Å². The molecule has 0 aliphatic heterocycles. The van der Waals surface area contributed by atoms with E-state index in [-0.39, 0.29) is 5.52 Å². The Hall–Kier alpha value is -1.70. The average molecular weight is 330 g/mol. The molecule has 2 rings (SSSR count). The van der Waals surface area contributed by atoms with Crippen LogP contribution in [0.3, 0.4) is 0 Å². The summed E-state index contributed by atoms with van der Waals surface area (Å²) >= 11 is 0. The fraction of sp³-hybridized carbons (Fsp3) is 0.316. The van der Waals surface area contributed by atoms with Crippen molar-refractivity contribution in [2.45, 2.75) is 25.7 Å². The largest absolute Gasteiger partial charge is 0.326 e. The van der Waals surface area contributed by atoms with Crippen LogP contribution in [0, 0.1) is 0 Å². The molecule has 3 nitrogen and oxygen atoms in total. The van der Waals surface area contributed by atoms with E-state index in [1.54, 1.807) is 24.3 Å². The molecule has 2 aromatic carbocycles. The van der Waals surface area contributed by atoms with Gasteiger partial charge in [0.2, 0.25) is 5.52 Å². The molecule has 0 aromatic heterocycles. The number of carbonyl (C=O) groups is 1. The van der Waals surface area contributed by atoms with E-state index in [4.69, 9.17) is 4.52 Å². The number of unbranched alkanes of at least 4 members (excludes halogenated alkanes) is 2. The van der Waals surface area contributed by atoms with Gasteiger partial charge in [0.05, 0.1) is 0 Å². The van der Waals surface area contributed by atoms with Gasteiger partial charge in [-0.15, -0.1) is 0 Å². The normalized spacial score (nSPS) is 13.4. The topological polar surface area (TPSA) is 43.4 Å².